The van der Waals surface area contributed by atoms with Crippen LogP contribution in [0.3, 0.4) is 0 Å². The van der Waals surface area contributed by atoms with Gasteiger partial charge in [0.25, 0.3) is 0 Å². The highest BCUT2D eigenvalue weighted by Crippen LogP contribution is 2.41. The van der Waals surface area contributed by atoms with E-state index in [2.05, 4.69) is 27.9 Å². The second kappa shape index (κ2) is 6.66. The Morgan fingerprint density at radius 1 is 1.32 bits per heavy atom. The fourth-order valence-corrected chi connectivity index (χ4v) is 4.92. The number of carbonyl (C=O) groups excluding carboxylic acids is 1. The summed E-state index contributed by atoms with van der Waals surface area (Å²) in [6.45, 7) is 3.52. The molecule has 4 N–H and O–H groups in total. The van der Waals surface area contributed by atoms with Gasteiger partial charge in [0.1, 0.15) is 0 Å². The van der Waals surface area contributed by atoms with Crippen LogP contribution >= 0.6 is 23.1 Å². The van der Waals surface area contributed by atoms with Crippen molar-refractivity contribution in [1.82, 2.24) is 15.6 Å². The summed E-state index contributed by atoms with van der Waals surface area (Å²) >= 11 is 3.09. The minimum Gasteiger partial charge on any atom is -0.478 e. The highest BCUT2D eigenvalue weighted by Gasteiger charge is 2.48. The summed E-state index contributed by atoms with van der Waals surface area (Å²) in [5.41, 5.74) is 2.35. The number of carbonyl (C=O) groups is 2. The number of thiazole rings is 1. The van der Waals surface area contributed by atoms with Gasteiger partial charge in [0.2, 0.25) is 11.0 Å². The molecule has 0 saturated carbocycles. The number of aromatic nitrogens is 1. The van der Waals surface area contributed by atoms with E-state index in [1.807, 2.05) is 6.20 Å². The van der Waals surface area contributed by atoms with Crippen molar-refractivity contribution >= 4 is 40.7 Å². The van der Waals surface area contributed by atoms with Gasteiger partial charge in [0.15, 0.2) is 0 Å². The highest BCUT2D eigenvalue weighted by atomic mass is 32.2. The van der Waals surface area contributed by atoms with Crippen LogP contribution in [0.5, 0.6) is 0 Å². The van der Waals surface area contributed by atoms with Gasteiger partial charge in [-0.05, 0) is 31.2 Å². The van der Waals surface area contributed by atoms with Crippen molar-refractivity contribution in [2.45, 2.75) is 24.5 Å². The molecule has 132 valence electrons. The van der Waals surface area contributed by atoms with E-state index in [0.29, 0.717) is 5.69 Å². The number of nitrogens with one attached hydrogen (secondary N) is 3. The molecule has 0 aliphatic carbocycles. The lowest BCUT2D eigenvalue weighted by Gasteiger charge is -2.34. The summed E-state index contributed by atoms with van der Waals surface area (Å²) in [5.74, 6) is -0.423. The van der Waals surface area contributed by atoms with E-state index in [0.717, 1.165) is 10.6 Å². The van der Waals surface area contributed by atoms with E-state index >= 15 is 0 Å². The molecule has 1 fully saturated rings. The number of anilines is 1. The van der Waals surface area contributed by atoms with E-state index in [4.69, 9.17) is 5.11 Å². The fraction of sp³-hybridized carbons (Fsp3) is 0.312. The third-order valence-electron chi connectivity index (χ3n) is 3.81. The van der Waals surface area contributed by atoms with Crippen molar-refractivity contribution in [2.75, 3.05) is 11.1 Å². The van der Waals surface area contributed by atoms with Gasteiger partial charge in [-0.2, -0.15) is 0 Å². The zero-order chi connectivity index (χ0) is 18.1. The van der Waals surface area contributed by atoms with E-state index in [1.54, 1.807) is 29.0 Å². The van der Waals surface area contributed by atoms with Gasteiger partial charge >= 0.3 is 5.97 Å². The predicted molar refractivity (Wildman–Crippen MR) is 98.6 cm³/mol. The van der Waals surface area contributed by atoms with Crippen LogP contribution in [-0.4, -0.2) is 32.8 Å². The Morgan fingerprint density at radius 2 is 2.04 bits per heavy atom. The Kier molecular flexibility index (Phi) is 4.72. The zero-order valence-electron chi connectivity index (χ0n) is 13.7. The van der Waals surface area contributed by atoms with Crippen molar-refractivity contribution in [2.24, 2.45) is 0 Å². The Bertz CT molecular complexity index is 781. The number of hydrogen-bond donors (Lipinski definition) is 4. The molecule has 1 aromatic carbocycles. The van der Waals surface area contributed by atoms with Crippen LogP contribution in [0.1, 0.15) is 29.1 Å². The molecule has 2 atom stereocenters. The molecule has 9 heteroatoms. The molecule has 0 radical (unpaired) electrons. The van der Waals surface area contributed by atoms with Gasteiger partial charge < -0.3 is 15.7 Å². The number of carboxylic acids is 1. The minimum absolute atomic E-state index is 0.178. The first-order valence-corrected chi connectivity index (χ1v) is 9.41. The summed E-state index contributed by atoms with van der Waals surface area (Å²) in [7, 11) is 0. The van der Waals surface area contributed by atoms with E-state index in [-0.39, 0.29) is 17.0 Å². The average molecular weight is 378 g/mol. The fourth-order valence-electron chi connectivity index (χ4n) is 2.65. The second-order valence-corrected chi connectivity index (χ2v) is 8.06. The van der Waals surface area contributed by atoms with Crippen LogP contribution < -0.4 is 16.0 Å². The molecular weight excluding hydrogens is 360 g/mol. The van der Waals surface area contributed by atoms with Gasteiger partial charge in [-0.15, -0.1) is 11.3 Å². The number of nitrogens with zero attached hydrogens (tertiary/aromatic N) is 1. The third kappa shape index (κ3) is 3.78. The first-order valence-electron chi connectivity index (χ1n) is 7.54. The predicted octanol–water partition coefficient (Wildman–Crippen LogP) is 2.25. The van der Waals surface area contributed by atoms with E-state index in [9.17, 15) is 9.59 Å². The normalized spacial score (nSPS) is 25.5. The van der Waals surface area contributed by atoms with Gasteiger partial charge in [-0.25, -0.2) is 4.79 Å². The molecule has 7 nitrogen and oxygen atoms in total. The molecule has 1 aliphatic rings. The van der Waals surface area contributed by atoms with E-state index in [1.165, 1.54) is 30.8 Å². The topological polar surface area (TPSA) is 103 Å². The van der Waals surface area contributed by atoms with Crippen molar-refractivity contribution in [1.29, 1.82) is 0 Å². The van der Waals surface area contributed by atoms with Crippen LogP contribution in [0.15, 0.2) is 36.0 Å². The summed E-state index contributed by atoms with van der Waals surface area (Å²) in [4.78, 5) is 27.9. The molecule has 1 amide bonds. The first kappa shape index (κ1) is 17.7. The molecule has 0 spiro atoms. The summed E-state index contributed by atoms with van der Waals surface area (Å²) in [5, 5.41) is 17.8. The van der Waals surface area contributed by atoms with Crippen molar-refractivity contribution < 1.29 is 14.7 Å². The maximum atomic E-state index is 11.7. The largest absolute Gasteiger partial charge is 0.478 e. The number of amides is 1. The van der Waals surface area contributed by atoms with Crippen LogP contribution in [-0.2, 0) is 10.3 Å². The maximum absolute atomic E-state index is 11.7. The number of benzene rings is 1. The monoisotopic (exact) mass is 378 g/mol. The van der Waals surface area contributed by atoms with Crippen molar-refractivity contribution in [3.63, 3.8) is 0 Å². The average Bonchev–Trinajstić information content (AvgIpc) is 3.17. The van der Waals surface area contributed by atoms with Gasteiger partial charge in [-0.3, -0.25) is 15.1 Å². The van der Waals surface area contributed by atoms with Gasteiger partial charge in [0.05, 0.1) is 16.6 Å². The SMILES string of the molecule is CC(=O)NC1(Nc2ccc(C(=O)O)cc2)NC(C)(c2cncs2)CS1. The maximum Gasteiger partial charge on any atom is 0.335 e. The Balaban J connectivity index is 1.85. The summed E-state index contributed by atoms with van der Waals surface area (Å²) in [6.07, 6.45) is 1.82. The minimum atomic E-state index is -0.978. The molecular formula is C16H18N4O3S2. The molecule has 2 heterocycles. The zero-order valence-corrected chi connectivity index (χ0v) is 15.3. The lowest BCUT2D eigenvalue weighted by molar-refractivity contribution is -0.120. The van der Waals surface area contributed by atoms with Crippen LogP contribution in [0.4, 0.5) is 5.69 Å². The molecule has 1 aliphatic heterocycles. The molecule has 3 rings (SSSR count). The highest BCUT2D eigenvalue weighted by molar-refractivity contribution is 8.01. The lowest BCUT2D eigenvalue weighted by atomic mass is 10.0. The molecule has 2 aromatic rings. The van der Waals surface area contributed by atoms with Crippen molar-refractivity contribution in [3.05, 3.63) is 46.4 Å². The summed E-state index contributed by atoms with van der Waals surface area (Å²) < 4.78 is 0. The Morgan fingerprint density at radius 3 is 2.60 bits per heavy atom. The molecule has 25 heavy (non-hydrogen) atoms. The van der Waals surface area contributed by atoms with Crippen molar-refractivity contribution in [3.8, 4) is 0 Å². The Hall–Kier alpha value is -2.10. The molecule has 0 bridgehead atoms. The molecule has 2 unspecified atom stereocenters. The quantitative estimate of drug-likeness (QED) is 0.592. The number of carboxylic acid groups (broad SMARTS) is 1. The lowest BCUT2D eigenvalue weighted by Crippen LogP contribution is -2.61. The molecule has 1 aromatic heterocycles. The smallest absolute Gasteiger partial charge is 0.335 e. The summed E-state index contributed by atoms with van der Waals surface area (Å²) in [6, 6.07) is 6.40. The van der Waals surface area contributed by atoms with Crippen LogP contribution in [0.25, 0.3) is 0 Å². The number of aromatic carboxylic acids is 1. The number of rotatable bonds is 5. The molecule has 1 saturated heterocycles. The first-order chi connectivity index (χ1) is 11.8. The number of hydrogen-bond acceptors (Lipinski definition) is 7. The number of thioether (sulfide) groups is 1. The second-order valence-electron chi connectivity index (χ2n) is 5.98. The van der Waals surface area contributed by atoms with Crippen LogP contribution in [0, 0.1) is 0 Å². The van der Waals surface area contributed by atoms with E-state index < -0.39 is 11.1 Å². The standard InChI is InChI=1S/C16H18N4O3S2/c1-10(21)18-16(19-12-5-3-11(4-6-12)14(22)23)20-15(2,8-25-16)13-7-17-9-24-13/h3-7,9,19-20H,8H2,1-2H3,(H,18,21)(H,22,23). The van der Waals surface area contributed by atoms with Gasteiger partial charge in [-0.1, -0.05) is 11.8 Å². The van der Waals surface area contributed by atoms with Gasteiger partial charge in [0, 0.05) is 29.4 Å². The van der Waals surface area contributed by atoms with Crippen LogP contribution in [0.2, 0.25) is 0 Å². The Labute approximate surface area is 153 Å². The third-order valence-corrected chi connectivity index (χ3v) is 6.31.